The molecule has 1 heterocycles. The molecule has 0 radical (unpaired) electrons. The molecule has 0 atom stereocenters. The Morgan fingerprint density at radius 1 is 1.24 bits per heavy atom. The summed E-state index contributed by atoms with van der Waals surface area (Å²) in [4.78, 5) is 28.9. The minimum Gasteiger partial charge on any atom is -0.304 e. The highest BCUT2D eigenvalue weighted by molar-refractivity contribution is 6.10. The van der Waals surface area contributed by atoms with Crippen molar-refractivity contribution in [3.05, 3.63) is 74.8 Å². The van der Waals surface area contributed by atoms with E-state index in [0.29, 0.717) is 16.6 Å². The molecule has 0 saturated heterocycles. The molecule has 3 aromatic rings. The fraction of sp³-hybridized carbons (Fsp3) is 0. The van der Waals surface area contributed by atoms with Crippen LogP contribution >= 0.6 is 0 Å². The predicted molar refractivity (Wildman–Crippen MR) is 91.2 cm³/mol. The average molecular weight is 334 g/mol. The van der Waals surface area contributed by atoms with Crippen LogP contribution < -0.4 is 11.0 Å². The van der Waals surface area contributed by atoms with Crippen LogP contribution in [-0.4, -0.2) is 20.6 Å². The van der Waals surface area contributed by atoms with Crippen LogP contribution in [-0.2, 0) is 0 Å². The first-order valence-electron chi connectivity index (χ1n) is 7.06. The van der Waals surface area contributed by atoms with Crippen molar-refractivity contribution in [1.82, 2.24) is 9.97 Å². The number of hydrogen-bond acceptors (Lipinski definition) is 7. The lowest BCUT2D eigenvalue weighted by Gasteiger charge is -2.03. The maximum atomic E-state index is 12.1. The highest BCUT2D eigenvalue weighted by Crippen LogP contribution is 2.15. The van der Waals surface area contributed by atoms with Crippen LogP contribution in [0.15, 0.2) is 58.4 Å². The molecule has 0 aliphatic rings. The van der Waals surface area contributed by atoms with Crippen LogP contribution in [0, 0.1) is 21.4 Å². The van der Waals surface area contributed by atoms with Crippen molar-refractivity contribution in [3.63, 3.8) is 0 Å². The summed E-state index contributed by atoms with van der Waals surface area (Å²) in [7, 11) is 0. The Hall–Kier alpha value is -4.06. The first-order valence-corrected chi connectivity index (χ1v) is 7.06. The van der Waals surface area contributed by atoms with E-state index in [1.54, 1.807) is 24.3 Å². The van der Waals surface area contributed by atoms with E-state index in [1.165, 1.54) is 24.3 Å². The van der Waals surface area contributed by atoms with Crippen LogP contribution in [0.4, 0.5) is 11.4 Å². The maximum absolute atomic E-state index is 12.1. The molecule has 9 heteroatoms. The number of nitro benzene ring substituents is 1. The van der Waals surface area contributed by atoms with Crippen molar-refractivity contribution in [2.45, 2.75) is 0 Å². The van der Waals surface area contributed by atoms with Gasteiger partial charge in [0.1, 0.15) is 6.07 Å². The zero-order valence-electron chi connectivity index (χ0n) is 12.6. The zero-order chi connectivity index (χ0) is 17.8. The van der Waals surface area contributed by atoms with Crippen molar-refractivity contribution in [3.8, 4) is 6.07 Å². The molecule has 9 nitrogen and oxygen atoms in total. The van der Waals surface area contributed by atoms with E-state index in [9.17, 15) is 20.2 Å². The van der Waals surface area contributed by atoms with Gasteiger partial charge in [-0.2, -0.15) is 10.4 Å². The van der Waals surface area contributed by atoms with Gasteiger partial charge in [0.05, 0.1) is 21.5 Å². The van der Waals surface area contributed by atoms with E-state index in [2.05, 4.69) is 20.5 Å². The fourth-order valence-corrected chi connectivity index (χ4v) is 2.11. The number of hydrazone groups is 1. The second-order valence-electron chi connectivity index (χ2n) is 4.92. The normalized spacial score (nSPS) is 11.1. The summed E-state index contributed by atoms with van der Waals surface area (Å²) in [6, 6.07) is 14.1. The summed E-state index contributed by atoms with van der Waals surface area (Å²) in [5, 5.41) is 24.2. The topological polar surface area (TPSA) is 137 Å². The number of nitrogens with one attached hydrogen (secondary N) is 2. The fourth-order valence-electron chi connectivity index (χ4n) is 2.11. The second-order valence-corrected chi connectivity index (χ2v) is 4.92. The molecule has 0 saturated carbocycles. The molecule has 2 aromatic carbocycles. The van der Waals surface area contributed by atoms with Crippen LogP contribution in [0.5, 0.6) is 0 Å². The van der Waals surface area contributed by atoms with Gasteiger partial charge in [-0.25, -0.2) is 4.98 Å². The lowest BCUT2D eigenvalue weighted by atomic mass is 10.2. The Morgan fingerprint density at radius 2 is 1.96 bits per heavy atom. The molecular formula is C16H10N6O3. The molecule has 122 valence electrons. The van der Waals surface area contributed by atoms with Crippen LogP contribution in [0.1, 0.15) is 5.82 Å². The molecule has 2 N–H and O–H groups in total. The summed E-state index contributed by atoms with van der Waals surface area (Å²) >= 11 is 0. The molecule has 0 aliphatic heterocycles. The number of fused-ring (bicyclic) bond motifs is 1. The van der Waals surface area contributed by atoms with Gasteiger partial charge in [0, 0.05) is 12.1 Å². The number of nitriles is 1. The Labute approximate surface area is 140 Å². The molecule has 0 fully saturated rings. The van der Waals surface area contributed by atoms with E-state index in [1.807, 2.05) is 6.07 Å². The summed E-state index contributed by atoms with van der Waals surface area (Å²) in [6.07, 6.45) is 0. The third-order valence-corrected chi connectivity index (χ3v) is 3.32. The van der Waals surface area contributed by atoms with Gasteiger partial charge in [-0.05, 0) is 24.3 Å². The molecule has 0 bridgehead atoms. The number of aromatic amines is 1. The van der Waals surface area contributed by atoms with E-state index < -0.39 is 4.92 Å². The Balaban J connectivity index is 1.92. The van der Waals surface area contributed by atoms with Crippen molar-refractivity contribution in [2.75, 3.05) is 5.43 Å². The molecule has 0 spiro atoms. The van der Waals surface area contributed by atoms with Gasteiger partial charge in [-0.1, -0.05) is 12.1 Å². The van der Waals surface area contributed by atoms with Crippen molar-refractivity contribution < 1.29 is 4.92 Å². The number of H-pyrrole nitrogens is 1. The molecule has 0 amide bonds. The number of anilines is 1. The molecule has 0 aliphatic carbocycles. The van der Waals surface area contributed by atoms with Gasteiger partial charge < -0.3 is 4.98 Å². The van der Waals surface area contributed by atoms with E-state index in [4.69, 9.17) is 0 Å². The summed E-state index contributed by atoms with van der Waals surface area (Å²) in [6.45, 7) is 0. The minimum atomic E-state index is -0.516. The second kappa shape index (κ2) is 6.59. The van der Waals surface area contributed by atoms with E-state index >= 15 is 0 Å². The van der Waals surface area contributed by atoms with Crippen molar-refractivity contribution in [2.24, 2.45) is 5.10 Å². The average Bonchev–Trinajstić information content (AvgIpc) is 2.63. The highest BCUT2D eigenvalue weighted by Gasteiger charge is 2.10. The number of nitro groups is 1. The highest BCUT2D eigenvalue weighted by atomic mass is 16.6. The van der Waals surface area contributed by atoms with E-state index in [-0.39, 0.29) is 22.8 Å². The lowest BCUT2D eigenvalue weighted by molar-refractivity contribution is -0.384. The third kappa shape index (κ3) is 3.32. The minimum absolute atomic E-state index is 0.0283. The molecule has 1 aromatic heterocycles. The smallest absolute Gasteiger partial charge is 0.269 e. The Bertz CT molecular complexity index is 1080. The summed E-state index contributed by atoms with van der Waals surface area (Å²) in [5.74, 6) is 0.0283. The third-order valence-electron chi connectivity index (χ3n) is 3.32. The monoisotopic (exact) mass is 334 g/mol. The van der Waals surface area contributed by atoms with Gasteiger partial charge in [0.25, 0.3) is 11.2 Å². The number of benzene rings is 2. The maximum Gasteiger partial charge on any atom is 0.269 e. The van der Waals surface area contributed by atoms with Crippen LogP contribution in [0.3, 0.4) is 0 Å². The van der Waals surface area contributed by atoms with Crippen molar-refractivity contribution in [1.29, 1.82) is 5.26 Å². The molecule has 0 unspecified atom stereocenters. The van der Waals surface area contributed by atoms with Gasteiger partial charge in [-0.15, -0.1) is 0 Å². The quantitative estimate of drug-likeness (QED) is 0.426. The van der Waals surface area contributed by atoms with Gasteiger partial charge in [0.2, 0.25) is 5.71 Å². The summed E-state index contributed by atoms with van der Waals surface area (Å²) in [5.41, 5.74) is 2.94. The zero-order valence-corrected chi connectivity index (χ0v) is 12.6. The molecular weight excluding hydrogens is 324 g/mol. The van der Waals surface area contributed by atoms with Gasteiger partial charge in [0.15, 0.2) is 5.82 Å². The number of non-ortho nitro benzene ring substituents is 1. The van der Waals surface area contributed by atoms with Gasteiger partial charge in [-0.3, -0.25) is 20.3 Å². The summed E-state index contributed by atoms with van der Waals surface area (Å²) < 4.78 is 0. The predicted octanol–water partition coefficient (Wildman–Crippen LogP) is 2.17. The SMILES string of the molecule is N#C/C(=N/Nc1ccc([N+](=O)[O-])cc1)c1nc2ccccc2c(=O)[nH]1. The number of nitrogens with zero attached hydrogens (tertiary/aromatic N) is 4. The van der Waals surface area contributed by atoms with Gasteiger partial charge >= 0.3 is 0 Å². The van der Waals surface area contributed by atoms with Crippen molar-refractivity contribution >= 4 is 28.0 Å². The number of aromatic nitrogens is 2. The van der Waals surface area contributed by atoms with Crippen LogP contribution in [0.25, 0.3) is 10.9 Å². The number of rotatable bonds is 4. The molecule has 25 heavy (non-hydrogen) atoms. The Morgan fingerprint density at radius 3 is 2.64 bits per heavy atom. The Kier molecular flexibility index (Phi) is 4.17. The lowest BCUT2D eigenvalue weighted by Crippen LogP contribution is -2.16. The standard InChI is InChI=1S/C16H10N6O3/c17-9-14(21-20-10-5-7-11(8-6-10)22(24)25)15-18-13-4-2-1-3-12(13)16(23)19-15/h1-8,20H,(H,18,19,23)/b21-14-. The number of para-hydroxylation sites is 1. The van der Waals surface area contributed by atoms with Crippen LogP contribution in [0.2, 0.25) is 0 Å². The first-order chi connectivity index (χ1) is 12.1. The largest absolute Gasteiger partial charge is 0.304 e. The number of hydrogen-bond donors (Lipinski definition) is 2. The molecule has 3 rings (SSSR count). The first kappa shape index (κ1) is 15.8. The van der Waals surface area contributed by atoms with E-state index in [0.717, 1.165) is 0 Å².